The second-order valence-electron chi connectivity index (χ2n) is 3.93. The van der Waals surface area contributed by atoms with E-state index >= 15 is 0 Å². The number of thiophene rings is 1. The minimum atomic E-state index is -0.290. The minimum absolute atomic E-state index is 0.290. The van der Waals surface area contributed by atoms with Crippen molar-refractivity contribution in [1.29, 1.82) is 0 Å². The number of carbonyl (C=O) groups is 1. The first-order valence-corrected chi connectivity index (χ1v) is 7.00. The standard InChI is InChI=1S/C14H16N2O3S/c1-2-18-10-3-5-11(6-4-10)19-9-12-7-8-13(20-12)14(17)16-15/h3-8H,2,9,15H2,1H3,(H,16,17). The van der Waals surface area contributed by atoms with Crippen molar-refractivity contribution in [2.45, 2.75) is 13.5 Å². The van der Waals surface area contributed by atoms with Crippen LogP contribution in [0.3, 0.4) is 0 Å². The zero-order valence-electron chi connectivity index (χ0n) is 11.1. The van der Waals surface area contributed by atoms with Crippen molar-refractivity contribution in [2.75, 3.05) is 6.61 Å². The molecule has 0 bridgehead atoms. The number of amides is 1. The van der Waals surface area contributed by atoms with Crippen LogP contribution in [0.25, 0.3) is 0 Å². The van der Waals surface area contributed by atoms with Gasteiger partial charge < -0.3 is 9.47 Å². The summed E-state index contributed by atoms with van der Waals surface area (Å²) in [6.07, 6.45) is 0. The third-order valence-corrected chi connectivity index (χ3v) is 3.59. The van der Waals surface area contributed by atoms with Crippen LogP contribution in [-0.4, -0.2) is 12.5 Å². The highest BCUT2D eigenvalue weighted by molar-refractivity contribution is 7.14. The summed E-state index contributed by atoms with van der Waals surface area (Å²) in [5, 5.41) is 0. The van der Waals surface area contributed by atoms with Gasteiger partial charge >= 0.3 is 0 Å². The van der Waals surface area contributed by atoms with E-state index in [1.165, 1.54) is 11.3 Å². The lowest BCUT2D eigenvalue weighted by atomic mass is 10.3. The van der Waals surface area contributed by atoms with Gasteiger partial charge in [0.25, 0.3) is 5.91 Å². The Morgan fingerprint density at radius 3 is 2.40 bits per heavy atom. The van der Waals surface area contributed by atoms with Gasteiger partial charge in [-0.05, 0) is 43.3 Å². The van der Waals surface area contributed by atoms with Crippen LogP contribution in [-0.2, 0) is 6.61 Å². The molecule has 5 nitrogen and oxygen atoms in total. The maximum atomic E-state index is 11.3. The SMILES string of the molecule is CCOc1ccc(OCc2ccc(C(=O)NN)s2)cc1. The number of benzene rings is 1. The highest BCUT2D eigenvalue weighted by atomic mass is 32.1. The van der Waals surface area contributed by atoms with Gasteiger partial charge in [0, 0.05) is 4.88 Å². The summed E-state index contributed by atoms with van der Waals surface area (Å²) < 4.78 is 11.0. The quantitative estimate of drug-likeness (QED) is 0.487. The molecule has 0 saturated heterocycles. The van der Waals surface area contributed by atoms with Crippen LogP contribution in [0, 0.1) is 0 Å². The Hall–Kier alpha value is -2.05. The van der Waals surface area contributed by atoms with Crippen molar-refractivity contribution in [3.05, 3.63) is 46.2 Å². The Labute approximate surface area is 121 Å². The number of ether oxygens (including phenoxy) is 2. The van der Waals surface area contributed by atoms with Gasteiger partial charge in [-0.15, -0.1) is 11.3 Å². The number of hydrogen-bond donors (Lipinski definition) is 2. The van der Waals surface area contributed by atoms with E-state index < -0.39 is 0 Å². The molecular weight excluding hydrogens is 276 g/mol. The third kappa shape index (κ3) is 3.72. The molecule has 3 N–H and O–H groups in total. The number of nitrogens with two attached hydrogens (primary N) is 1. The molecule has 0 unspecified atom stereocenters. The molecule has 0 fully saturated rings. The Kier molecular flexibility index (Phi) is 4.97. The van der Waals surface area contributed by atoms with Gasteiger partial charge in [-0.3, -0.25) is 10.2 Å². The average molecular weight is 292 g/mol. The van der Waals surface area contributed by atoms with Gasteiger partial charge in [0.15, 0.2) is 0 Å². The fraction of sp³-hybridized carbons (Fsp3) is 0.214. The van der Waals surface area contributed by atoms with E-state index in [1.807, 2.05) is 37.3 Å². The first-order valence-electron chi connectivity index (χ1n) is 6.18. The molecule has 0 radical (unpaired) electrons. The zero-order valence-corrected chi connectivity index (χ0v) is 11.9. The largest absolute Gasteiger partial charge is 0.494 e. The van der Waals surface area contributed by atoms with Crippen LogP contribution in [0.5, 0.6) is 11.5 Å². The van der Waals surface area contributed by atoms with E-state index in [1.54, 1.807) is 6.07 Å². The molecule has 2 aromatic rings. The Bertz CT molecular complexity index is 566. The van der Waals surface area contributed by atoms with Crippen molar-refractivity contribution < 1.29 is 14.3 Å². The average Bonchev–Trinajstić information content (AvgIpc) is 2.95. The van der Waals surface area contributed by atoms with E-state index in [2.05, 4.69) is 5.43 Å². The van der Waals surface area contributed by atoms with Crippen LogP contribution in [0.15, 0.2) is 36.4 Å². The summed E-state index contributed by atoms with van der Waals surface area (Å²) in [4.78, 5) is 12.8. The minimum Gasteiger partial charge on any atom is -0.494 e. The fourth-order valence-electron chi connectivity index (χ4n) is 1.60. The van der Waals surface area contributed by atoms with Gasteiger partial charge in [0.05, 0.1) is 11.5 Å². The second-order valence-corrected chi connectivity index (χ2v) is 5.10. The molecule has 0 spiro atoms. The van der Waals surface area contributed by atoms with E-state index in [9.17, 15) is 4.79 Å². The molecule has 1 heterocycles. The van der Waals surface area contributed by atoms with Crippen molar-refractivity contribution in [3.8, 4) is 11.5 Å². The summed E-state index contributed by atoms with van der Waals surface area (Å²) in [5.74, 6) is 6.37. The molecule has 0 aliphatic heterocycles. The molecule has 1 aromatic carbocycles. The van der Waals surface area contributed by atoms with Crippen LogP contribution in [0.1, 0.15) is 21.5 Å². The maximum absolute atomic E-state index is 11.3. The monoisotopic (exact) mass is 292 g/mol. The highest BCUT2D eigenvalue weighted by Crippen LogP contribution is 2.21. The molecule has 0 aliphatic rings. The summed E-state index contributed by atoms with van der Waals surface area (Å²) in [6.45, 7) is 2.99. The number of carbonyl (C=O) groups excluding carboxylic acids is 1. The lowest BCUT2D eigenvalue weighted by molar-refractivity contribution is 0.0957. The molecule has 2 rings (SSSR count). The van der Waals surface area contributed by atoms with Crippen molar-refractivity contribution >= 4 is 17.2 Å². The van der Waals surface area contributed by atoms with Crippen LogP contribution < -0.4 is 20.7 Å². The van der Waals surface area contributed by atoms with Gasteiger partial charge in [-0.2, -0.15) is 0 Å². The Balaban J connectivity index is 1.91. The number of rotatable bonds is 6. The van der Waals surface area contributed by atoms with Gasteiger partial charge in [0.1, 0.15) is 18.1 Å². The van der Waals surface area contributed by atoms with Crippen LogP contribution in [0.2, 0.25) is 0 Å². The zero-order chi connectivity index (χ0) is 14.4. The Morgan fingerprint density at radius 2 is 1.80 bits per heavy atom. The van der Waals surface area contributed by atoms with Gasteiger partial charge in [-0.25, -0.2) is 5.84 Å². The number of nitrogen functional groups attached to an aromatic ring is 1. The van der Waals surface area contributed by atoms with Crippen molar-refractivity contribution in [1.82, 2.24) is 5.43 Å². The molecule has 106 valence electrons. The van der Waals surface area contributed by atoms with Crippen molar-refractivity contribution in [2.24, 2.45) is 5.84 Å². The third-order valence-electron chi connectivity index (χ3n) is 2.53. The molecule has 1 amide bonds. The van der Waals surface area contributed by atoms with E-state index in [-0.39, 0.29) is 5.91 Å². The predicted octanol–water partition coefficient (Wildman–Crippen LogP) is 2.33. The first kappa shape index (κ1) is 14.4. The van der Waals surface area contributed by atoms with Gasteiger partial charge in [0.2, 0.25) is 0 Å². The molecule has 0 saturated carbocycles. The topological polar surface area (TPSA) is 73.6 Å². The number of nitrogens with one attached hydrogen (secondary N) is 1. The highest BCUT2D eigenvalue weighted by Gasteiger charge is 2.07. The number of hydrogen-bond acceptors (Lipinski definition) is 5. The van der Waals surface area contributed by atoms with Gasteiger partial charge in [-0.1, -0.05) is 0 Å². The molecule has 20 heavy (non-hydrogen) atoms. The summed E-state index contributed by atoms with van der Waals surface area (Å²) in [5.41, 5.74) is 2.10. The summed E-state index contributed by atoms with van der Waals surface area (Å²) in [6, 6.07) is 11.0. The predicted molar refractivity (Wildman–Crippen MR) is 77.9 cm³/mol. The van der Waals surface area contributed by atoms with E-state index in [0.717, 1.165) is 16.4 Å². The molecule has 1 aromatic heterocycles. The Morgan fingerprint density at radius 1 is 1.15 bits per heavy atom. The van der Waals surface area contributed by atoms with Crippen LogP contribution in [0.4, 0.5) is 0 Å². The summed E-state index contributed by atoms with van der Waals surface area (Å²) >= 11 is 1.35. The lowest BCUT2D eigenvalue weighted by Crippen LogP contribution is -2.29. The smallest absolute Gasteiger partial charge is 0.275 e. The first-order chi connectivity index (χ1) is 9.72. The normalized spacial score (nSPS) is 10.1. The van der Waals surface area contributed by atoms with Crippen molar-refractivity contribution in [3.63, 3.8) is 0 Å². The lowest BCUT2D eigenvalue weighted by Gasteiger charge is -2.06. The molecule has 0 atom stereocenters. The fourth-order valence-corrected chi connectivity index (χ4v) is 2.43. The maximum Gasteiger partial charge on any atom is 0.275 e. The van der Waals surface area contributed by atoms with E-state index in [4.69, 9.17) is 15.3 Å². The summed E-state index contributed by atoms with van der Waals surface area (Å²) in [7, 11) is 0. The second kappa shape index (κ2) is 6.93. The molecule has 0 aliphatic carbocycles. The molecular formula is C14H16N2O3S. The van der Waals surface area contributed by atoms with Crippen LogP contribution >= 0.6 is 11.3 Å². The number of hydrazine groups is 1. The van der Waals surface area contributed by atoms with E-state index in [0.29, 0.717) is 18.1 Å². The molecule has 6 heteroatoms.